The molecule has 0 bridgehead atoms. The highest BCUT2D eigenvalue weighted by molar-refractivity contribution is 5.49. The summed E-state index contributed by atoms with van der Waals surface area (Å²) in [5.41, 5.74) is 0. The lowest BCUT2D eigenvalue weighted by molar-refractivity contribution is -0.107. The number of hydrogen-bond acceptors (Lipinski definition) is 1. The molecule has 0 fully saturated rings. The molecular weight excluding hydrogens is 112 g/mol. The van der Waals surface area contributed by atoms with Crippen LogP contribution >= 0.6 is 0 Å². The van der Waals surface area contributed by atoms with E-state index < -0.39 is 0 Å². The number of aldehydes is 1. The summed E-state index contributed by atoms with van der Waals surface area (Å²) in [6.07, 6.45) is 10.3. The maximum atomic E-state index is 9.79. The van der Waals surface area contributed by atoms with E-state index in [2.05, 4.69) is 0 Å². The second kappa shape index (κ2) is 7.15. The zero-order chi connectivity index (χ0) is 6.95. The molecule has 0 aliphatic carbocycles. The molecule has 0 rings (SSSR count). The van der Waals surface area contributed by atoms with Crippen LogP contribution in [0.1, 0.15) is 19.8 Å². The number of rotatable bonds is 4. The van der Waals surface area contributed by atoms with Crippen molar-refractivity contribution in [1.29, 1.82) is 0 Å². The van der Waals surface area contributed by atoms with Crippen molar-refractivity contribution in [3.63, 3.8) is 0 Å². The molecule has 9 heavy (non-hydrogen) atoms. The summed E-state index contributed by atoms with van der Waals surface area (Å²) in [6, 6.07) is 0. The molecule has 0 atom stereocenters. The molecule has 0 heterocycles. The minimum Gasteiger partial charge on any atom is -0.303 e. The van der Waals surface area contributed by atoms with Crippen molar-refractivity contribution in [3.05, 3.63) is 24.3 Å². The normalized spacial score (nSPS) is 11.2. The van der Waals surface area contributed by atoms with Gasteiger partial charge in [-0.2, -0.15) is 0 Å². The van der Waals surface area contributed by atoms with E-state index in [4.69, 9.17) is 0 Å². The lowest BCUT2D eigenvalue weighted by Crippen LogP contribution is -1.68. The number of carbonyl (C=O) groups is 1. The number of allylic oxidation sites excluding steroid dienone is 4. The number of carbonyl (C=O) groups excluding carboxylic acids is 1. The molecule has 0 N–H and O–H groups in total. The average molecular weight is 124 g/mol. The van der Waals surface area contributed by atoms with E-state index in [1.165, 1.54) is 0 Å². The zero-order valence-corrected chi connectivity index (χ0v) is 5.71. The first-order valence-corrected chi connectivity index (χ1v) is 3.13. The van der Waals surface area contributed by atoms with Crippen LogP contribution in [0.3, 0.4) is 0 Å². The van der Waals surface area contributed by atoms with Crippen LogP contribution in [0.5, 0.6) is 0 Å². The molecule has 1 nitrogen and oxygen atoms in total. The molecule has 0 spiro atoms. The van der Waals surface area contributed by atoms with E-state index in [1.807, 2.05) is 31.2 Å². The molecule has 0 aromatic heterocycles. The third kappa shape index (κ3) is 7.15. The monoisotopic (exact) mass is 124 g/mol. The van der Waals surface area contributed by atoms with E-state index in [1.54, 1.807) is 0 Å². The molecule has 0 radical (unpaired) electrons. The largest absolute Gasteiger partial charge is 0.303 e. The van der Waals surface area contributed by atoms with E-state index in [9.17, 15) is 4.79 Å². The summed E-state index contributed by atoms with van der Waals surface area (Å²) in [7, 11) is 0. The molecule has 50 valence electrons. The Morgan fingerprint density at radius 1 is 1.22 bits per heavy atom. The first kappa shape index (κ1) is 8.15. The van der Waals surface area contributed by atoms with Gasteiger partial charge in [0.1, 0.15) is 6.29 Å². The van der Waals surface area contributed by atoms with Crippen LogP contribution in [0.2, 0.25) is 0 Å². The van der Waals surface area contributed by atoms with Crippen molar-refractivity contribution in [2.45, 2.75) is 19.8 Å². The Hall–Kier alpha value is -0.850. The van der Waals surface area contributed by atoms with Crippen LogP contribution in [-0.4, -0.2) is 6.29 Å². The number of hydrogen-bond donors (Lipinski definition) is 0. The topological polar surface area (TPSA) is 17.1 Å². The van der Waals surface area contributed by atoms with Crippen molar-refractivity contribution in [1.82, 2.24) is 0 Å². The zero-order valence-electron chi connectivity index (χ0n) is 5.71. The van der Waals surface area contributed by atoms with Gasteiger partial charge in [-0.1, -0.05) is 24.3 Å². The molecule has 0 aliphatic rings. The second-order valence-electron chi connectivity index (χ2n) is 1.70. The molecule has 0 saturated heterocycles. The third-order valence-electron chi connectivity index (χ3n) is 0.891. The van der Waals surface area contributed by atoms with Gasteiger partial charge in [0.25, 0.3) is 0 Å². The Balaban J connectivity index is 3.14. The maximum Gasteiger partial charge on any atom is 0.120 e. The van der Waals surface area contributed by atoms with Crippen molar-refractivity contribution < 1.29 is 4.79 Å². The Kier molecular flexibility index (Phi) is 6.47. The molecule has 0 unspecified atom stereocenters. The lowest BCUT2D eigenvalue weighted by atomic mass is 10.3. The Labute approximate surface area is 56.1 Å². The van der Waals surface area contributed by atoms with Gasteiger partial charge in [0.05, 0.1) is 0 Å². The van der Waals surface area contributed by atoms with Crippen molar-refractivity contribution in [3.8, 4) is 0 Å². The predicted molar refractivity (Wildman–Crippen MR) is 39.3 cm³/mol. The van der Waals surface area contributed by atoms with Gasteiger partial charge in [0.2, 0.25) is 0 Å². The summed E-state index contributed by atoms with van der Waals surface area (Å²) < 4.78 is 0. The van der Waals surface area contributed by atoms with Gasteiger partial charge in [-0.05, 0) is 13.3 Å². The smallest absolute Gasteiger partial charge is 0.120 e. The number of unbranched alkanes of at least 4 members (excludes halogenated alkanes) is 1. The van der Waals surface area contributed by atoms with Crippen LogP contribution in [0.25, 0.3) is 0 Å². The Bertz CT molecular complexity index is 112. The van der Waals surface area contributed by atoms with Crippen LogP contribution in [0, 0.1) is 0 Å². The van der Waals surface area contributed by atoms with Crippen molar-refractivity contribution >= 4 is 6.29 Å². The van der Waals surface area contributed by atoms with E-state index >= 15 is 0 Å². The fraction of sp³-hybridized carbons (Fsp3) is 0.375. The maximum absolute atomic E-state index is 9.79. The van der Waals surface area contributed by atoms with Crippen LogP contribution < -0.4 is 0 Å². The van der Waals surface area contributed by atoms with Gasteiger partial charge >= 0.3 is 0 Å². The SMILES string of the molecule is C/C=C\C=C/CCC=O. The van der Waals surface area contributed by atoms with Gasteiger partial charge in [0, 0.05) is 6.42 Å². The summed E-state index contributed by atoms with van der Waals surface area (Å²) in [4.78, 5) is 9.79. The van der Waals surface area contributed by atoms with Gasteiger partial charge in [-0.25, -0.2) is 0 Å². The second-order valence-corrected chi connectivity index (χ2v) is 1.70. The highest BCUT2D eigenvalue weighted by Gasteiger charge is 1.73. The van der Waals surface area contributed by atoms with Gasteiger partial charge in [-0.3, -0.25) is 0 Å². The molecule has 0 aliphatic heterocycles. The Morgan fingerprint density at radius 2 is 2.00 bits per heavy atom. The Morgan fingerprint density at radius 3 is 2.56 bits per heavy atom. The fourth-order valence-corrected chi connectivity index (χ4v) is 0.450. The standard InChI is InChI=1S/C8H12O/c1-2-3-4-5-6-7-8-9/h2-5,8H,6-7H2,1H3/b3-2-,5-4-. The van der Waals surface area contributed by atoms with Gasteiger partial charge in [-0.15, -0.1) is 0 Å². The van der Waals surface area contributed by atoms with Crippen LogP contribution in [-0.2, 0) is 4.79 Å². The van der Waals surface area contributed by atoms with Gasteiger partial charge in [0.15, 0.2) is 0 Å². The highest BCUT2D eigenvalue weighted by Crippen LogP contribution is 1.86. The van der Waals surface area contributed by atoms with Gasteiger partial charge < -0.3 is 4.79 Å². The molecule has 0 saturated carbocycles. The van der Waals surface area contributed by atoms with Crippen molar-refractivity contribution in [2.24, 2.45) is 0 Å². The molecule has 1 heteroatoms. The summed E-state index contributed by atoms with van der Waals surface area (Å²) >= 11 is 0. The van der Waals surface area contributed by atoms with E-state index in [0.29, 0.717) is 6.42 Å². The average Bonchev–Trinajstić information content (AvgIpc) is 1.89. The molecule has 0 aromatic carbocycles. The fourth-order valence-electron chi connectivity index (χ4n) is 0.450. The highest BCUT2D eigenvalue weighted by atomic mass is 16.1. The minimum absolute atomic E-state index is 0.633. The van der Waals surface area contributed by atoms with Crippen molar-refractivity contribution in [2.75, 3.05) is 0 Å². The molecule has 0 amide bonds. The summed E-state index contributed by atoms with van der Waals surface area (Å²) in [6.45, 7) is 1.96. The van der Waals surface area contributed by atoms with E-state index in [0.717, 1.165) is 12.7 Å². The first-order chi connectivity index (χ1) is 4.41. The summed E-state index contributed by atoms with van der Waals surface area (Å²) in [5, 5.41) is 0. The predicted octanol–water partition coefficient (Wildman–Crippen LogP) is 2.10. The quantitative estimate of drug-likeness (QED) is 0.318. The lowest BCUT2D eigenvalue weighted by Gasteiger charge is -1.78. The minimum atomic E-state index is 0.633. The third-order valence-corrected chi connectivity index (χ3v) is 0.891. The molecular formula is C8H12O. The van der Waals surface area contributed by atoms with Crippen LogP contribution in [0.15, 0.2) is 24.3 Å². The van der Waals surface area contributed by atoms with Crippen LogP contribution in [0.4, 0.5) is 0 Å². The molecule has 0 aromatic rings. The first-order valence-electron chi connectivity index (χ1n) is 3.13. The summed E-state index contributed by atoms with van der Waals surface area (Å²) in [5.74, 6) is 0. The van der Waals surface area contributed by atoms with E-state index in [-0.39, 0.29) is 0 Å².